The lowest BCUT2D eigenvalue weighted by molar-refractivity contribution is -0.605. The number of carbonyl (C=O) groups excluding carboxylic acids is 1. The Balaban J connectivity index is 2.38. The first-order chi connectivity index (χ1) is 11.2. The van der Waals surface area contributed by atoms with Crippen LogP contribution in [0.2, 0.25) is 5.15 Å². The lowest BCUT2D eigenvalue weighted by atomic mass is 10.2. The molecule has 126 valence electrons. The molecule has 0 saturated heterocycles. The molecule has 0 aliphatic heterocycles. The molecule has 0 spiro atoms. The quantitative estimate of drug-likeness (QED) is 0.485. The number of rotatable bonds is 3. The lowest BCUT2D eigenvalue weighted by Crippen LogP contribution is -2.37. The van der Waals surface area contributed by atoms with Crippen molar-refractivity contribution in [3.8, 4) is 18.0 Å². The van der Waals surface area contributed by atoms with Crippen molar-refractivity contribution in [2.75, 3.05) is 11.4 Å². The van der Waals surface area contributed by atoms with Crippen LogP contribution < -0.4 is 9.63 Å². The molecule has 0 atom stereocenters. The Labute approximate surface area is 145 Å². The number of anilines is 1. The molecule has 0 aliphatic carbocycles. The van der Waals surface area contributed by atoms with Crippen LogP contribution in [-0.2, 0) is 4.74 Å². The molecule has 0 fully saturated rings. The highest BCUT2D eigenvalue weighted by Gasteiger charge is 2.26. The van der Waals surface area contributed by atoms with E-state index in [1.807, 2.05) is 0 Å². The van der Waals surface area contributed by atoms with Gasteiger partial charge in [-0.3, -0.25) is 4.90 Å². The molecule has 2 heterocycles. The van der Waals surface area contributed by atoms with Gasteiger partial charge >= 0.3 is 6.09 Å². The summed E-state index contributed by atoms with van der Waals surface area (Å²) in [5.74, 6) is 2.39. The molecule has 0 radical (unpaired) electrons. The minimum Gasteiger partial charge on any atom is -0.619 e. The van der Waals surface area contributed by atoms with Gasteiger partial charge in [-0.05, 0) is 26.8 Å². The second-order valence-electron chi connectivity index (χ2n) is 5.94. The van der Waals surface area contributed by atoms with E-state index in [-0.39, 0.29) is 11.7 Å². The van der Waals surface area contributed by atoms with Gasteiger partial charge in [-0.2, -0.15) is 9.83 Å². The van der Waals surface area contributed by atoms with E-state index in [2.05, 4.69) is 11.0 Å². The second-order valence-corrected chi connectivity index (χ2v) is 6.30. The molecule has 0 aromatic carbocycles. The number of hydrogen-bond donors (Lipinski definition) is 0. The predicted octanol–water partition coefficient (Wildman–Crippen LogP) is 2.53. The van der Waals surface area contributed by atoms with Crippen LogP contribution in [0.15, 0.2) is 30.7 Å². The first kappa shape index (κ1) is 17.6. The average molecular weight is 349 g/mol. The Morgan fingerprint density at radius 2 is 2.29 bits per heavy atom. The average Bonchev–Trinajstić information content (AvgIpc) is 2.84. The van der Waals surface area contributed by atoms with E-state index in [0.717, 1.165) is 0 Å². The number of terminal acetylenes is 1. The van der Waals surface area contributed by atoms with Gasteiger partial charge in [-0.25, -0.2) is 9.48 Å². The maximum atomic E-state index is 12.4. The van der Waals surface area contributed by atoms with Gasteiger partial charge < -0.3 is 9.94 Å². The maximum Gasteiger partial charge on any atom is 0.415 e. The number of nitrogens with zero attached hydrogens (tertiary/aromatic N) is 4. The topological polar surface area (TPSA) is 74.3 Å². The van der Waals surface area contributed by atoms with E-state index in [0.29, 0.717) is 16.1 Å². The molecule has 7 nitrogen and oxygen atoms in total. The van der Waals surface area contributed by atoms with E-state index >= 15 is 0 Å². The van der Waals surface area contributed by atoms with Crippen molar-refractivity contribution >= 4 is 23.4 Å². The summed E-state index contributed by atoms with van der Waals surface area (Å²) in [5.41, 5.74) is 0.107. The first-order valence-corrected chi connectivity index (χ1v) is 7.47. The van der Waals surface area contributed by atoms with Crippen molar-refractivity contribution in [2.45, 2.75) is 26.4 Å². The Hall–Kier alpha value is -2.72. The van der Waals surface area contributed by atoms with Crippen LogP contribution in [0, 0.1) is 17.6 Å². The van der Waals surface area contributed by atoms with Crippen molar-refractivity contribution in [2.24, 2.45) is 0 Å². The molecule has 24 heavy (non-hydrogen) atoms. The van der Waals surface area contributed by atoms with Gasteiger partial charge in [-0.1, -0.05) is 17.5 Å². The van der Waals surface area contributed by atoms with Crippen LogP contribution in [0.25, 0.3) is 5.69 Å². The summed E-state index contributed by atoms with van der Waals surface area (Å²) in [6.07, 6.45) is 8.90. The number of pyridine rings is 1. The largest absolute Gasteiger partial charge is 0.619 e. The van der Waals surface area contributed by atoms with Gasteiger partial charge in [0.1, 0.15) is 17.0 Å². The number of ether oxygens (including phenoxy) is 1. The van der Waals surface area contributed by atoms with E-state index in [4.69, 9.17) is 22.8 Å². The van der Waals surface area contributed by atoms with Gasteiger partial charge in [0.25, 0.3) is 0 Å². The van der Waals surface area contributed by atoms with Crippen molar-refractivity contribution in [1.29, 1.82) is 0 Å². The Morgan fingerprint density at radius 1 is 1.58 bits per heavy atom. The maximum absolute atomic E-state index is 12.4. The van der Waals surface area contributed by atoms with Gasteiger partial charge in [-0.15, -0.1) is 6.42 Å². The highest BCUT2D eigenvalue weighted by Crippen LogP contribution is 2.27. The summed E-state index contributed by atoms with van der Waals surface area (Å²) < 4.78 is 7.36. The zero-order valence-electron chi connectivity index (χ0n) is 13.6. The van der Waals surface area contributed by atoms with Crippen molar-refractivity contribution < 1.29 is 14.3 Å². The highest BCUT2D eigenvalue weighted by atomic mass is 35.5. The molecular weight excluding hydrogens is 332 g/mol. The zero-order chi connectivity index (χ0) is 17.9. The van der Waals surface area contributed by atoms with Crippen LogP contribution in [0.1, 0.15) is 20.8 Å². The summed E-state index contributed by atoms with van der Waals surface area (Å²) >= 11 is 6.15. The molecular formula is C16H17ClN4O3. The standard InChI is InChI=1S/C16H17ClN4O3/c1-5-8-20(15(22)24-16(2,3)4)13-11-21(18-14(13)17)12-7-6-9-19(23)10-12/h1,6-7,9-11H,8H2,2-4H3. The van der Waals surface area contributed by atoms with Crippen molar-refractivity contribution in [1.82, 2.24) is 9.78 Å². The Morgan fingerprint density at radius 3 is 2.88 bits per heavy atom. The van der Waals surface area contributed by atoms with Gasteiger partial charge in [0, 0.05) is 6.07 Å². The third-order valence-electron chi connectivity index (χ3n) is 2.83. The summed E-state index contributed by atoms with van der Waals surface area (Å²) in [6.45, 7) is 5.22. The fourth-order valence-corrected chi connectivity index (χ4v) is 2.12. The fourth-order valence-electron chi connectivity index (χ4n) is 1.89. The smallest absolute Gasteiger partial charge is 0.415 e. The summed E-state index contributed by atoms with van der Waals surface area (Å²) in [7, 11) is 0. The van der Waals surface area contributed by atoms with Crippen molar-refractivity contribution in [3.05, 3.63) is 41.1 Å². The van der Waals surface area contributed by atoms with E-state index in [9.17, 15) is 10.0 Å². The molecule has 0 unspecified atom stereocenters. The minimum absolute atomic E-state index is 0.0311. The van der Waals surface area contributed by atoms with Crippen LogP contribution in [-0.4, -0.2) is 28.0 Å². The molecule has 2 aromatic rings. The molecule has 0 N–H and O–H groups in total. The lowest BCUT2D eigenvalue weighted by Gasteiger charge is -2.25. The molecule has 2 aromatic heterocycles. The Bertz CT molecular complexity index is 789. The van der Waals surface area contributed by atoms with Gasteiger partial charge in [0.2, 0.25) is 6.20 Å². The number of carbonyl (C=O) groups is 1. The number of amides is 1. The predicted molar refractivity (Wildman–Crippen MR) is 89.9 cm³/mol. The minimum atomic E-state index is -0.681. The first-order valence-electron chi connectivity index (χ1n) is 7.09. The molecule has 8 heteroatoms. The van der Waals surface area contributed by atoms with E-state index < -0.39 is 11.7 Å². The molecule has 0 aliphatic rings. The monoisotopic (exact) mass is 348 g/mol. The van der Waals surface area contributed by atoms with E-state index in [1.165, 1.54) is 28.2 Å². The molecule has 0 bridgehead atoms. The van der Waals surface area contributed by atoms with Gasteiger partial charge in [0.15, 0.2) is 11.3 Å². The third kappa shape index (κ3) is 4.18. The van der Waals surface area contributed by atoms with Crippen LogP contribution >= 0.6 is 11.6 Å². The van der Waals surface area contributed by atoms with E-state index in [1.54, 1.807) is 32.9 Å². The van der Waals surface area contributed by atoms with Crippen LogP contribution in [0.3, 0.4) is 0 Å². The summed E-state index contributed by atoms with van der Waals surface area (Å²) in [4.78, 5) is 13.6. The normalized spacial score (nSPS) is 11.0. The number of aromatic nitrogens is 3. The van der Waals surface area contributed by atoms with Crippen molar-refractivity contribution in [3.63, 3.8) is 0 Å². The van der Waals surface area contributed by atoms with Crippen LogP contribution in [0.5, 0.6) is 0 Å². The summed E-state index contributed by atoms with van der Waals surface area (Å²) in [5, 5.41) is 15.6. The third-order valence-corrected chi connectivity index (χ3v) is 3.10. The fraction of sp³-hybridized carbons (Fsp3) is 0.312. The number of halogens is 1. The second kappa shape index (κ2) is 6.81. The van der Waals surface area contributed by atoms with Crippen LogP contribution in [0.4, 0.5) is 10.5 Å². The number of hydrogen-bond acceptors (Lipinski definition) is 4. The Kier molecular flexibility index (Phi) is 5.00. The molecule has 1 amide bonds. The highest BCUT2D eigenvalue weighted by molar-refractivity contribution is 6.32. The zero-order valence-corrected chi connectivity index (χ0v) is 14.3. The molecule has 0 saturated carbocycles. The summed E-state index contributed by atoms with van der Waals surface area (Å²) in [6, 6.07) is 3.26. The SMILES string of the molecule is C#CCN(C(=O)OC(C)(C)C)c1cn(-c2ccc[n+]([O-])c2)nc1Cl. The molecule has 2 rings (SSSR count). The van der Waals surface area contributed by atoms with Gasteiger partial charge in [0.05, 0.1) is 12.7 Å².